The van der Waals surface area contributed by atoms with Crippen molar-refractivity contribution in [1.29, 1.82) is 0 Å². The monoisotopic (exact) mass is 2190 g/mol. The van der Waals surface area contributed by atoms with Crippen molar-refractivity contribution in [1.82, 2.24) is 109 Å². The molecule has 21 heterocycles. The van der Waals surface area contributed by atoms with Crippen molar-refractivity contribution in [3.8, 4) is 0 Å². The lowest BCUT2D eigenvalue weighted by atomic mass is 9.94. The summed E-state index contributed by atoms with van der Waals surface area (Å²) in [5, 5.41) is 63.0. The number of sulfone groups is 2. The molecule has 0 amide bonds. The van der Waals surface area contributed by atoms with Crippen LogP contribution in [0.3, 0.4) is 0 Å². The third-order valence-electron chi connectivity index (χ3n) is 26.1. The maximum absolute atomic E-state index is 12.4. The minimum atomic E-state index is -3.16. The van der Waals surface area contributed by atoms with E-state index in [4.69, 9.17) is 105 Å². The van der Waals surface area contributed by atoms with Crippen molar-refractivity contribution in [2.75, 3.05) is 142 Å². The standard InChI is InChI=1S/C20H23ClN8O2.2C19H27ClN6O4S.2C18H23ClN6O3/c1-11-3-4-13(28-27-11)5-12-9-30-18-16(10-31-17(12)18)25-19-15(21)7-22-20(26-19)24-14-6-23-29(2)8-14;2*1-11(2)9-31(27,28)10-12-7-29-17-15(8-30-16(12)17)24-18-14(20)5-21-19(25-18)23-13-4-22-26(3)6-13;2*1-3-12(26)4-10-8-27-16-14(9-28-15(10)16)23-17-13(19)6-20-18(24-17)22-11-5-21-25(2)7-11/h3-4,6-8,12,16-18H,5,9-10H2,1-2H3,(H2,22,24,25,26);2*4-6,11-12,15-17H,7-10H2,1-3H3,(H2,21,23,24,25);2*5-7,10,14-16H,3-4,8-9H2,1-2H3,(H2,20,22,23,24)/t;12-,15-,16?,17?;;10-,14+,15?,16?;/m.1.0./s1. The van der Waals surface area contributed by atoms with Gasteiger partial charge in [-0.2, -0.15) is 60.6 Å². The van der Waals surface area contributed by atoms with E-state index in [1.165, 1.54) is 12.4 Å². The van der Waals surface area contributed by atoms with E-state index in [1.807, 2.05) is 114 Å². The number of ketones is 2. The van der Waals surface area contributed by atoms with E-state index in [2.05, 4.69) is 139 Å². The van der Waals surface area contributed by atoms with Crippen LogP contribution in [0.15, 0.2) is 105 Å². The molecule has 0 spiro atoms. The van der Waals surface area contributed by atoms with E-state index in [0.717, 1.165) is 46.2 Å². The zero-order valence-electron chi connectivity index (χ0n) is 84.0. The van der Waals surface area contributed by atoms with E-state index >= 15 is 0 Å². The van der Waals surface area contributed by atoms with Crippen LogP contribution < -0.4 is 53.2 Å². The molecule has 149 heavy (non-hydrogen) atoms. The highest BCUT2D eigenvalue weighted by molar-refractivity contribution is 7.91. The molecule has 10 aliphatic rings. The van der Waals surface area contributed by atoms with Crippen LogP contribution in [0.25, 0.3) is 0 Å². The number of carbonyl (C=O) groups excluding carboxylic acids is 2. The molecule has 0 saturated carbocycles. The number of Topliss-reactive ketones (excluding diaryl/α,β-unsaturated/α-hetero) is 2. The van der Waals surface area contributed by atoms with E-state index in [0.29, 0.717) is 176 Å². The Morgan fingerprint density at radius 1 is 0.342 bits per heavy atom. The van der Waals surface area contributed by atoms with Gasteiger partial charge in [0.1, 0.15) is 67.2 Å². The number of rotatable bonds is 36. The summed E-state index contributed by atoms with van der Waals surface area (Å²) in [6.45, 7) is 17.9. The number of hydrogen-bond acceptors (Lipinski definition) is 43. The third kappa shape index (κ3) is 28.6. The third-order valence-corrected chi connectivity index (χ3v) is 31.7. The van der Waals surface area contributed by atoms with Crippen molar-refractivity contribution >= 4 is 177 Å². The van der Waals surface area contributed by atoms with Crippen LogP contribution in [0.5, 0.6) is 0 Å². The molecule has 20 atom stereocenters. The van der Waals surface area contributed by atoms with Crippen molar-refractivity contribution in [3.05, 3.63) is 142 Å². The number of halogens is 5. The number of anilines is 15. The zero-order chi connectivity index (χ0) is 105. The molecular formula is C94H123Cl5N32O16S2. The summed E-state index contributed by atoms with van der Waals surface area (Å²) in [5.74, 6) is 5.71. The fourth-order valence-electron chi connectivity index (χ4n) is 19.4. The number of fused-ring (bicyclic) bond motifs is 5. The molecule has 0 radical (unpaired) electrons. The lowest BCUT2D eigenvalue weighted by Crippen LogP contribution is -2.36. The van der Waals surface area contributed by atoms with Gasteiger partial charge in [0.25, 0.3) is 0 Å². The first kappa shape index (κ1) is 109. The number of nitrogens with one attached hydrogen (secondary N) is 10. The molecule has 0 aliphatic carbocycles. The zero-order valence-corrected chi connectivity index (χ0v) is 89.4. The molecule has 10 saturated heterocycles. The summed E-state index contributed by atoms with van der Waals surface area (Å²) in [6, 6.07) is 3.36. The lowest BCUT2D eigenvalue weighted by molar-refractivity contribution is -0.121. The Labute approximate surface area is 885 Å². The Bertz CT molecular complexity index is 6340. The van der Waals surface area contributed by atoms with Gasteiger partial charge in [-0.15, -0.1) is 0 Å². The van der Waals surface area contributed by atoms with Crippen LogP contribution in [0.2, 0.25) is 25.1 Å². The highest BCUT2D eigenvalue weighted by atomic mass is 35.5. The van der Waals surface area contributed by atoms with Gasteiger partial charge in [0.15, 0.2) is 48.8 Å². The Morgan fingerprint density at radius 2 is 0.584 bits per heavy atom. The van der Waals surface area contributed by atoms with Gasteiger partial charge in [0, 0.05) is 121 Å². The summed E-state index contributed by atoms with van der Waals surface area (Å²) in [7, 11) is 2.84. The first-order valence-electron chi connectivity index (χ1n) is 49.1. The molecule has 11 aromatic heterocycles. The van der Waals surface area contributed by atoms with E-state index in [9.17, 15) is 26.4 Å². The van der Waals surface area contributed by atoms with Gasteiger partial charge in [-0.25, -0.2) is 41.8 Å². The SMILES string of the molecule is CC(C)CS(=O)(=O)CC1COC2C(Nc3nc(Nc4cnn(C)c4)ncc3Cl)COC12.CC(C)CS(=O)(=O)C[C@H]1COC2C1OC[C@H]2Nc1nc(Nc2cnn(C)c2)ncc1Cl.CCC(=O)CC1COC2C(Nc3nc(Nc4cnn(C)c4)ncc3Cl)COC12.CCC(=O)C[C@H]1COC2C1OC[C@H]2Nc1nc(Nc2cnn(C)c2)ncc1Cl.Cc1ccc(CC2COC3C(Nc4nc(Nc5cnn(C)c5)ncc4Cl)COC23)nn1. The molecular weight excluding hydrogens is 2070 g/mol. The summed E-state index contributed by atoms with van der Waals surface area (Å²) in [6.07, 6.45) is 26.5. The molecule has 21 rings (SSSR count). The Hall–Kier alpha value is -11.2. The molecule has 0 aromatic carbocycles. The molecule has 10 fully saturated rings. The predicted octanol–water partition coefficient (Wildman–Crippen LogP) is 10.2. The van der Waals surface area contributed by atoms with Crippen LogP contribution in [-0.4, -0.2) is 318 Å². The fourth-order valence-corrected chi connectivity index (χ4v) is 24.3. The lowest BCUT2D eigenvalue weighted by Gasteiger charge is -2.19. The van der Waals surface area contributed by atoms with Crippen LogP contribution in [0, 0.1) is 48.3 Å². The highest BCUT2D eigenvalue weighted by Gasteiger charge is 2.54. The molecule has 802 valence electrons. The van der Waals surface area contributed by atoms with Crippen LogP contribution in [0.1, 0.15) is 78.6 Å². The predicted molar refractivity (Wildman–Crippen MR) is 557 cm³/mol. The average molecular weight is 2200 g/mol. The molecule has 48 nitrogen and oxygen atoms in total. The van der Waals surface area contributed by atoms with Gasteiger partial charge in [-0.3, -0.25) is 33.0 Å². The van der Waals surface area contributed by atoms with Crippen molar-refractivity contribution in [3.63, 3.8) is 0 Å². The van der Waals surface area contributed by atoms with Crippen LogP contribution in [-0.2, 0) is 118 Å². The van der Waals surface area contributed by atoms with E-state index in [-0.39, 0.29) is 167 Å². The largest absolute Gasteiger partial charge is 0.373 e. The van der Waals surface area contributed by atoms with Crippen molar-refractivity contribution in [2.24, 2.45) is 76.7 Å². The molecule has 10 N–H and O–H groups in total. The van der Waals surface area contributed by atoms with Crippen LogP contribution in [0.4, 0.5) is 87.3 Å². The number of nitrogens with zero attached hydrogens (tertiary/aromatic N) is 22. The molecule has 55 heteroatoms. The summed E-state index contributed by atoms with van der Waals surface area (Å²) < 4.78 is 118. The highest BCUT2D eigenvalue weighted by Crippen LogP contribution is 2.43. The maximum Gasteiger partial charge on any atom is 0.229 e. The molecule has 10 aliphatic heterocycles. The Morgan fingerprint density at radius 3 is 0.819 bits per heavy atom. The number of aryl methyl sites for hydroxylation is 6. The second kappa shape index (κ2) is 49.1. The quantitative estimate of drug-likeness (QED) is 0.0174. The first-order valence-corrected chi connectivity index (χ1v) is 54.7. The van der Waals surface area contributed by atoms with Gasteiger partial charge in [0.05, 0.1) is 252 Å². The summed E-state index contributed by atoms with van der Waals surface area (Å²) >= 11 is 31.5. The van der Waals surface area contributed by atoms with E-state index in [1.54, 1.807) is 85.4 Å². The van der Waals surface area contributed by atoms with Gasteiger partial charge < -0.3 is 101 Å². The fraction of sp³-hybridized carbons (Fsp3) is 0.564. The Kier molecular flexibility index (Phi) is 35.9. The van der Waals surface area contributed by atoms with Crippen molar-refractivity contribution in [2.45, 2.75) is 172 Å². The number of aromatic nitrogens is 22. The first-order chi connectivity index (χ1) is 71.5. The number of carbonyl (C=O) groups is 2. The average Bonchev–Trinajstić information content (AvgIpc) is 1.66. The minimum absolute atomic E-state index is 0.00537. The Balaban J connectivity index is 0.000000127. The topological polar surface area (TPSA) is 559 Å². The van der Waals surface area contributed by atoms with Gasteiger partial charge in [-0.05, 0) is 37.3 Å². The maximum atomic E-state index is 12.4. The second-order valence-corrected chi connectivity index (χ2v) is 45.5. The smallest absolute Gasteiger partial charge is 0.229 e. The number of hydrogen-bond donors (Lipinski definition) is 10. The minimum Gasteiger partial charge on any atom is -0.373 e. The van der Waals surface area contributed by atoms with E-state index < -0.39 is 19.7 Å². The summed E-state index contributed by atoms with van der Waals surface area (Å²) in [4.78, 5) is 67.0. The normalized spacial score (nSPS) is 25.7. The van der Waals surface area contributed by atoms with Gasteiger partial charge >= 0.3 is 0 Å². The molecule has 11 aromatic rings. The van der Waals surface area contributed by atoms with Crippen molar-refractivity contribution < 1.29 is 73.8 Å². The number of ether oxygens (including phenoxy) is 10. The molecule has 16 unspecified atom stereocenters. The molecule has 0 bridgehead atoms. The second-order valence-electron chi connectivity index (χ2n) is 39.1. The van der Waals surface area contributed by atoms with Crippen LogP contribution >= 0.6 is 58.0 Å². The van der Waals surface area contributed by atoms with Gasteiger partial charge in [-0.1, -0.05) is 99.5 Å². The summed E-state index contributed by atoms with van der Waals surface area (Å²) in [5.41, 5.74) is 5.72. The van der Waals surface area contributed by atoms with Gasteiger partial charge in [0.2, 0.25) is 29.7 Å².